The molecule has 0 bridgehead atoms. The number of nitro benzene ring substituents is 1. The lowest BCUT2D eigenvalue weighted by Crippen LogP contribution is -2.29. The van der Waals surface area contributed by atoms with Crippen LogP contribution in [0.2, 0.25) is 0 Å². The zero-order valence-corrected chi connectivity index (χ0v) is 15.5. The summed E-state index contributed by atoms with van der Waals surface area (Å²) >= 11 is 1.60. The van der Waals surface area contributed by atoms with Crippen molar-refractivity contribution >= 4 is 22.9 Å². The van der Waals surface area contributed by atoms with Crippen molar-refractivity contribution in [1.82, 2.24) is 4.90 Å². The summed E-state index contributed by atoms with van der Waals surface area (Å²) < 4.78 is 0. The molecule has 132 valence electrons. The minimum Gasteiger partial charge on any atom is -0.334 e. The Morgan fingerprint density at radius 2 is 2.16 bits per heavy atom. The number of carbonyl (C=O) groups is 1. The lowest BCUT2D eigenvalue weighted by molar-refractivity contribution is -0.384. The van der Waals surface area contributed by atoms with Gasteiger partial charge in [0.15, 0.2) is 0 Å². The van der Waals surface area contributed by atoms with Crippen molar-refractivity contribution in [3.05, 3.63) is 61.3 Å². The van der Waals surface area contributed by atoms with E-state index in [9.17, 15) is 14.9 Å². The third-order valence-corrected chi connectivity index (χ3v) is 6.23. The normalized spacial score (nSPS) is 17.6. The zero-order valence-electron chi connectivity index (χ0n) is 14.7. The molecule has 25 heavy (non-hydrogen) atoms. The predicted octanol–water partition coefficient (Wildman–Crippen LogP) is 4.61. The van der Waals surface area contributed by atoms with Crippen LogP contribution >= 0.6 is 11.3 Å². The largest absolute Gasteiger partial charge is 0.334 e. The standard InChI is InChI=1S/C19H22N2O3S/c1-12-7-8-17-15(9-12)11-18(25-17)19(22)20(3)13(2)14-5-4-6-16(10-14)21(23)24/h4-6,10-13H,7-9H2,1-3H3/t12-,13-/m1/s1. The van der Waals surface area contributed by atoms with E-state index in [1.54, 1.807) is 29.4 Å². The van der Waals surface area contributed by atoms with Gasteiger partial charge in [-0.05, 0) is 49.3 Å². The van der Waals surface area contributed by atoms with E-state index in [0.29, 0.717) is 5.92 Å². The first kappa shape index (κ1) is 17.6. The number of hydrogen-bond donors (Lipinski definition) is 0. The number of carbonyl (C=O) groups excluding carboxylic acids is 1. The van der Waals surface area contributed by atoms with E-state index in [1.165, 1.54) is 29.0 Å². The van der Waals surface area contributed by atoms with Crippen LogP contribution in [0.1, 0.15) is 52.0 Å². The Bertz CT molecular complexity index is 815. The van der Waals surface area contributed by atoms with Gasteiger partial charge in [-0.25, -0.2) is 0 Å². The highest BCUT2D eigenvalue weighted by Gasteiger charge is 2.25. The van der Waals surface area contributed by atoms with Crippen LogP contribution in [-0.2, 0) is 12.8 Å². The molecule has 0 saturated heterocycles. The fourth-order valence-electron chi connectivity index (χ4n) is 3.28. The summed E-state index contributed by atoms with van der Waals surface area (Å²) in [6, 6.07) is 8.29. The molecule has 6 heteroatoms. The summed E-state index contributed by atoms with van der Waals surface area (Å²) in [5.74, 6) is 0.651. The van der Waals surface area contributed by atoms with E-state index in [2.05, 4.69) is 6.92 Å². The van der Waals surface area contributed by atoms with Gasteiger partial charge < -0.3 is 4.90 Å². The van der Waals surface area contributed by atoms with Crippen molar-refractivity contribution in [1.29, 1.82) is 0 Å². The van der Waals surface area contributed by atoms with Crippen molar-refractivity contribution in [3.63, 3.8) is 0 Å². The maximum absolute atomic E-state index is 12.9. The van der Waals surface area contributed by atoms with Crippen molar-refractivity contribution < 1.29 is 9.72 Å². The zero-order chi connectivity index (χ0) is 18.1. The smallest absolute Gasteiger partial charge is 0.269 e. The van der Waals surface area contributed by atoms with Crippen molar-refractivity contribution in [2.24, 2.45) is 5.92 Å². The molecule has 2 aromatic rings. The molecule has 1 aliphatic carbocycles. The maximum atomic E-state index is 12.9. The molecule has 1 aromatic heterocycles. The number of thiophene rings is 1. The van der Waals surface area contributed by atoms with Crippen LogP contribution in [0.4, 0.5) is 5.69 Å². The minimum absolute atomic E-state index is 0.0222. The monoisotopic (exact) mass is 358 g/mol. The van der Waals surface area contributed by atoms with E-state index >= 15 is 0 Å². The maximum Gasteiger partial charge on any atom is 0.269 e. The summed E-state index contributed by atoms with van der Waals surface area (Å²) in [6.45, 7) is 4.14. The summed E-state index contributed by atoms with van der Waals surface area (Å²) in [5, 5.41) is 11.0. The number of hydrogen-bond acceptors (Lipinski definition) is 4. The van der Waals surface area contributed by atoms with Gasteiger partial charge in [0.05, 0.1) is 15.8 Å². The molecule has 3 rings (SSSR count). The number of rotatable bonds is 4. The molecular weight excluding hydrogens is 336 g/mol. The van der Waals surface area contributed by atoms with Gasteiger partial charge in [-0.2, -0.15) is 0 Å². The second-order valence-electron chi connectivity index (χ2n) is 6.85. The molecule has 0 saturated carbocycles. The minimum atomic E-state index is -0.410. The summed E-state index contributed by atoms with van der Waals surface area (Å²) in [6.07, 6.45) is 3.28. The number of aryl methyl sites for hydroxylation is 1. The van der Waals surface area contributed by atoms with Crippen LogP contribution in [0, 0.1) is 16.0 Å². The van der Waals surface area contributed by atoms with E-state index in [-0.39, 0.29) is 17.6 Å². The van der Waals surface area contributed by atoms with Crippen LogP contribution in [0.3, 0.4) is 0 Å². The topological polar surface area (TPSA) is 63.5 Å². The summed E-state index contributed by atoms with van der Waals surface area (Å²) in [5.41, 5.74) is 2.12. The second-order valence-corrected chi connectivity index (χ2v) is 7.99. The first-order valence-corrected chi connectivity index (χ1v) is 9.31. The van der Waals surface area contributed by atoms with Gasteiger partial charge in [-0.1, -0.05) is 19.1 Å². The van der Waals surface area contributed by atoms with Crippen LogP contribution in [0.25, 0.3) is 0 Å². The second kappa shape index (κ2) is 6.96. The van der Waals surface area contributed by atoms with E-state index in [1.807, 2.05) is 19.1 Å². The first-order chi connectivity index (χ1) is 11.9. The van der Waals surface area contributed by atoms with Gasteiger partial charge in [0.25, 0.3) is 11.6 Å². The Kier molecular flexibility index (Phi) is 4.90. The van der Waals surface area contributed by atoms with Crippen LogP contribution in [0.15, 0.2) is 30.3 Å². The Morgan fingerprint density at radius 1 is 1.40 bits per heavy atom. The lowest BCUT2D eigenvalue weighted by Gasteiger charge is -2.24. The van der Waals surface area contributed by atoms with Crippen molar-refractivity contribution in [2.75, 3.05) is 7.05 Å². The first-order valence-electron chi connectivity index (χ1n) is 8.50. The SMILES string of the molecule is C[C@@H]1CCc2sc(C(=O)N(C)[C@H](C)c3cccc([N+](=O)[O-])c3)cc2C1. The van der Waals surface area contributed by atoms with Crippen LogP contribution < -0.4 is 0 Å². The van der Waals surface area contributed by atoms with Gasteiger partial charge in [-0.15, -0.1) is 11.3 Å². The summed E-state index contributed by atoms with van der Waals surface area (Å²) in [4.78, 5) is 27.2. The number of non-ortho nitro benzene ring substituents is 1. The van der Waals surface area contributed by atoms with Gasteiger partial charge in [0.2, 0.25) is 0 Å². The number of amides is 1. The molecule has 0 spiro atoms. The van der Waals surface area contributed by atoms with Gasteiger partial charge in [-0.3, -0.25) is 14.9 Å². The number of fused-ring (bicyclic) bond motifs is 1. The van der Waals surface area contributed by atoms with E-state index in [4.69, 9.17) is 0 Å². The molecule has 0 N–H and O–H groups in total. The van der Waals surface area contributed by atoms with E-state index < -0.39 is 4.92 Å². The third kappa shape index (κ3) is 3.58. The molecule has 1 aromatic carbocycles. The molecule has 0 fully saturated rings. The number of nitrogens with zero attached hydrogens (tertiary/aromatic N) is 2. The predicted molar refractivity (Wildman–Crippen MR) is 99.1 cm³/mol. The van der Waals surface area contributed by atoms with Gasteiger partial charge in [0.1, 0.15) is 0 Å². The Labute approximate surface area is 151 Å². The molecular formula is C19H22N2O3S. The quantitative estimate of drug-likeness (QED) is 0.592. The molecule has 5 nitrogen and oxygen atoms in total. The van der Waals surface area contributed by atoms with Gasteiger partial charge in [0, 0.05) is 24.1 Å². The van der Waals surface area contributed by atoms with Gasteiger partial charge >= 0.3 is 0 Å². The molecule has 0 unspecified atom stereocenters. The highest BCUT2D eigenvalue weighted by Crippen LogP contribution is 2.33. The highest BCUT2D eigenvalue weighted by molar-refractivity contribution is 7.14. The molecule has 0 radical (unpaired) electrons. The van der Waals surface area contributed by atoms with Crippen molar-refractivity contribution in [3.8, 4) is 0 Å². The Morgan fingerprint density at radius 3 is 2.88 bits per heavy atom. The fourth-order valence-corrected chi connectivity index (χ4v) is 4.47. The number of nitro groups is 1. The van der Waals surface area contributed by atoms with Crippen LogP contribution in [0.5, 0.6) is 0 Å². The molecule has 1 heterocycles. The average Bonchev–Trinajstić information content (AvgIpc) is 3.02. The number of benzene rings is 1. The molecule has 0 aliphatic heterocycles. The van der Waals surface area contributed by atoms with E-state index in [0.717, 1.165) is 23.3 Å². The highest BCUT2D eigenvalue weighted by atomic mass is 32.1. The Balaban J connectivity index is 1.80. The third-order valence-electron chi connectivity index (χ3n) is 5.00. The van der Waals surface area contributed by atoms with Crippen LogP contribution in [-0.4, -0.2) is 22.8 Å². The van der Waals surface area contributed by atoms with Crippen molar-refractivity contribution in [2.45, 2.75) is 39.2 Å². The summed E-state index contributed by atoms with van der Waals surface area (Å²) in [7, 11) is 1.76. The lowest BCUT2D eigenvalue weighted by atomic mass is 9.90. The Hall–Kier alpha value is -2.21. The molecule has 1 amide bonds. The molecule has 1 aliphatic rings. The fraction of sp³-hybridized carbons (Fsp3) is 0.421. The average molecular weight is 358 g/mol. The molecule has 2 atom stereocenters.